The van der Waals surface area contributed by atoms with Crippen molar-refractivity contribution in [3.63, 3.8) is 0 Å². The number of benzene rings is 2. The van der Waals surface area contributed by atoms with Crippen LogP contribution in [0, 0.1) is 0 Å². The van der Waals surface area contributed by atoms with E-state index in [9.17, 15) is 9.90 Å². The maximum absolute atomic E-state index is 11.5. The van der Waals surface area contributed by atoms with Crippen LogP contribution in [0.4, 0.5) is 0 Å². The molecule has 3 rings (SSSR count). The molecule has 0 aliphatic carbocycles. The van der Waals surface area contributed by atoms with Crippen LogP contribution in [0.25, 0.3) is 5.57 Å². The predicted molar refractivity (Wildman–Crippen MR) is 124 cm³/mol. The van der Waals surface area contributed by atoms with Gasteiger partial charge in [-0.25, -0.2) is 9.78 Å². The Bertz CT molecular complexity index is 997. The first kappa shape index (κ1) is 23.7. The lowest BCUT2D eigenvalue weighted by Crippen LogP contribution is -2.10. The third kappa shape index (κ3) is 6.22. The highest BCUT2D eigenvalue weighted by atomic mass is 35.5. The van der Waals surface area contributed by atoms with Gasteiger partial charge in [-0.05, 0) is 35.6 Å². The van der Waals surface area contributed by atoms with Crippen LogP contribution >= 0.6 is 24.0 Å². The summed E-state index contributed by atoms with van der Waals surface area (Å²) in [5.74, 6) is -0.0114. The number of rotatable bonds is 9. The summed E-state index contributed by atoms with van der Waals surface area (Å²) < 4.78 is 2.11. The van der Waals surface area contributed by atoms with Gasteiger partial charge in [0.25, 0.3) is 0 Å². The zero-order valence-electron chi connectivity index (χ0n) is 16.9. The van der Waals surface area contributed by atoms with Gasteiger partial charge < -0.3 is 9.67 Å². The Morgan fingerprint density at radius 1 is 1.13 bits per heavy atom. The first-order chi connectivity index (χ1) is 14.1. The molecule has 0 unspecified atom stereocenters. The lowest BCUT2D eigenvalue weighted by atomic mass is 10.0. The molecule has 0 aliphatic rings. The summed E-state index contributed by atoms with van der Waals surface area (Å²) in [6.45, 7) is 2.70. The standard InChI is InChI=1S/C24H25ClN2O2.ClH/c1-2-3-13-23-26-16-22(27(23)17-19-11-7-8-12-21(19)25)20(15-24(28)29)14-18-9-5-4-6-10-18;/h4-12,15-16H,2-3,13-14,17H2,1H3,(H,28,29);1H/b20-15-;. The van der Waals surface area contributed by atoms with Gasteiger partial charge in [0, 0.05) is 17.5 Å². The first-order valence-corrected chi connectivity index (χ1v) is 10.2. The van der Waals surface area contributed by atoms with Crippen molar-refractivity contribution >= 4 is 35.6 Å². The normalized spacial score (nSPS) is 11.2. The summed E-state index contributed by atoms with van der Waals surface area (Å²) in [5, 5.41) is 10.2. The Balaban J connectivity index is 0.00000320. The molecule has 0 saturated heterocycles. The maximum Gasteiger partial charge on any atom is 0.328 e. The number of carbonyl (C=O) groups is 1. The minimum absolute atomic E-state index is 0. The molecule has 6 heteroatoms. The number of hydrogen-bond acceptors (Lipinski definition) is 2. The number of imidazole rings is 1. The largest absolute Gasteiger partial charge is 0.478 e. The highest BCUT2D eigenvalue weighted by molar-refractivity contribution is 6.31. The Morgan fingerprint density at radius 2 is 1.83 bits per heavy atom. The topological polar surface area (TPSA) is 55.1 Å². The van der Waals surface area contributed by atoms with E-state index in [1.165, 1.54) is 6.08 Å². The molecule has 1 aromatic heterocycles. The summed E-state index contributed by atoms with van der Waals surface area (Å²) in [7, 11) is 0. The van der Waals surface area contributed by atoms with E-state index in [-0.39, 0.29) is 12.4 Å². The number of hydrogen-bond donors (Lipinski definition) is 1. The lowest BCUT2D eigenvalue weighted by molar-refractivity contribution is -0.131. The number of aryl methyl sites for hydroxylation is 1. The van der Waals surface area contributed by atoms with Gasteiger partial charge in [0.15, 0.2) is 0 Å². The smallest absolute Gasteiger partial charge is 0.328 e. The molecule has 158 valence electrons. The fourth-order valence-corrected chi connectivity index (χ4v) is 3.55. The Hall–Kier alpha value is -2.56. The predicted octanol–water partition coefficient (Wildman–Crippen LogP) is 6.06. The van der Waals surface area contributed by atoms with E-state index in [2.05, 4.69) is 16.5 Å². The van der Waals surface area contributed by atoms with E-state index in [0.29, 0.717) is 18.0 Å². The van der Waals surface area contributed by atoms with Crippen molar-refractivity contribution in [1.29, 1.82) is 0 Å². The molecule has 3 aromatic rings. The number of halogens is 2. The molecule has 0 bridgehead atoms. The van der Waals surface area contributed by atoms with Gasteiger partial charge in [-0.15, -0.1) is 12.4 Å². The molecule has 2 aromatic carbocycles. The van der Waals surface area contributed by atoms with E-state index in [4.69, 9.17) is 11.6 Å². The number of nitrogens with zero attached hydrogens (tertiary/aromatic N) is 2. The van der Waals surface area contributed by atoms with Gasteiger partial charge in [0.2, 0.25) is 0 Å². The number of carboxylic acids is 1. The summed E-state index contributed by atoms with van der Waals surface area (Å²) in [4.78, 5) is 16.2. The van der Waals surface area contributed by atoms with Gasteiger partial charge in [-0.3, -0.25) is 0 Å². The molecule has 0 aliphatic heterocycles. The fourth-order valence-electron chi connectivity index (χ4n) is 3.36. The number of unbranched alkanes of at least 4 members (excludes halogenated alkanes) is 1. The van der Waals surface area contributed by atoms with Crippen molar-refractivity contribution in [2.75, 3.05) is 0 Å². The summed E-state index contributed by atoms with van der Waals surface area (Å²) in [6.07, 6.45) is 6.53. The van der Waals surface area contributed by atoms with Gasteiger partial charge in [-0.2, -0.15) is 0 Å². The molecule has 1 N–H and O–H groups in total. The molecule has 30 heavy (non-hydrogen) atoms. The van der Waals surface area contributed by atoms with Gasteiger partial charge >= 0.3 is 5.97 Å². The number of allylic oxidation sites excluding steroid dienone is 1. The van der Waals surface area contributed by atoms with E-state index >= 15 is 0 Å². The SMILES string of the molecule is CCCCc1ncc(/C(=C\C(=O)O)Cc2ccccc2)n1Cc1ccccc1Cl.Cl. The highest BCUT2D eigenvalue weighted by Crippen LogP contribution is 2.25. The molecule has 1 heterocycles. The Morgan fingerprint density at radius 3 is 2.50 bits per heavy atom. The Labute approximate surface area is 188 Å². The second-order valence-electron chi connectivity index (χ2n) is 7.01. The van der Waals surface area contributed by atoms with Crippen LogP contribution in [-0.2, 0) is 24.2 Å². The maximum atomic E-state index is 11.5. The van der Waals surface area contributed by atoms with Crippen molar-refractivity contribution < 1.29 is 9.90 Å². The highest BCUT2D eigenvalue weighted by Gasteiger charge is 2.16. The summed E-state index contributed by atoms with van der Waals surface area (Å²) >= 11 is 6.40. The number of carboxylic acid groups (broad SMARTS) is 1. The third-order valence-electron chi connectivity index (χ3n) is 4.84. The monoisotopic (exact) mass is 444 g/mol. The molecule has 4 nitrogen and oxygen atoms in total. The fraction of sp³-hybridized carbons (Fsp3) is 0.250. The van der Waals surface area contributed by atoms with Gasteiger partial charge in [0.05, 0.1) is 18.4 Å². The lowest BCUT2D eigenvalue weighted by Gasteiger charge is -2.15. The van der Waals surface area contributed by atoms with E-state index < -0.39 is 5.97 Å². The average molecular weight is 445 g/mol. The zero-order valence-corrected chi connectivity index (χ0v) is 18.5. The van der Waals surface area contributed by atoms with Crippen LogP contribution in [0.5, 0.6) is 0 Å². The van der Waals surface area contributed by atoms with Gasteiger partial charge in [-0.1, -0.05) is 73.5 Å². The quantitative estimate of drug-likeness (QED) is 0.408. The molecular formula is C24H26Cl2N2O2. The molecule has 0 spiro atoms. The van der Waals surface area contributed by atoms with Crippen molar-refractivity contribution in [3.05, 3.63) is 94.5 Å². The van der Waals surface area contributed by atoms with E-state index in [1.807, 2.05) is 54.6 Å². The van der Waals surface area contributed by atoms with E-state index in [0.717, 1.165) is 47.5 Å². The van der Waals surface area contributed by atoms with Crippen LogP contribution in [-0.4, -0.2) is 20.6 Å². The van der Waals surface area contributed by atoms with E-state index in [1.54, 1.807) is 6.20 Å². The molecular weight excluding hydrogens is 419 g/mol. The molecule has 0 fully saturated rings. The molecule has 0 atom stereocenters. The van der Waals surface area contributed by atoms with Crippen LogP contribution in [0.3, 0.4) is 0 Å². The second-order valence-corrected chi connectivity index (χ2v) is 7.42. The van der Waals surface area contributed by atoms with Crippen LogP contribution in [0.1, 0.15) is 42.4 Å². The zero-order chi connectivity index (χ0) is 20.6. The van der Waals surface area contributed by atoms with Crippen molar-refractivity contribution in [2.45, 2.75) is 39.2 Å². The van der Waals surface area contributed by atoms with Crippen LogP contribution < -0.4 is 0 Å². The molecule has 0 radical (unpaired) electrons. The molecule has 0 saturated carbocycles. The first-order valence-electron chi connectivity index (χ1n) is 9.84. The van der Waals surface area contributed by atoms with Crippen molar-refractivity contribution in [3.8, 4) is 0 Å². The third-order valence-corrected chi connectivity index (χ3v) is 5.21. The minimum atomic E-state index is -0.962. The van der Waals surface area contributed by atoms with Crippen molar-refractivity contribution in [1.82, 2.24) is 9.55 Å². The summed E-state index contributed by atoms with van der Waals surface area (Å²) in [5.41, 5.74) is 3.59. The Kier molecular flexibility index (Phi) is 9.15. The van der Waals surface area contributed by atoms with Crippen LogP contribution in [0.2, 0.25) is 5.02 Å². The number of aliphatic carboxylic acids is 1. The van der Waals surface area contributed by atoms with Crippen LogP contribution in [0.15, 0.2) is 66.9 Å². The second kappa shape index (κ2) is 11.6. The van der Waals surface area contributed by atoms with Crippen molar-refractivity contribution in [2.24, 2.45) is 0 Å². The number of aromatic nitrogens is 2. The summed E-state index contributed by atoms with van der Waals surface area (Å²) in [6, 6.07) is 17.6. The average Bonchev–Trinajstić information content (AvgIpc) is 3.10. The van der Waals surface area contributed by atoms with Gasteiger partial charge in [0.1, 0.15) is 5.82 Å². The molecule has 0 amide bonds. The minimum Gasteiger partial charge on any atom is -0.478 e.